The van der Waals surface area contributed by atoms with E-state index in [1.165, 1.54) is 6.26 Å². The van der Waals surface area contributed by atoms with Crippen molar-refractivity contribution in [1.82, 2.24) is 10.2 Å². The van der Waals surface area contributed by atoms with Gasteiger partial charge in [0, 0.05) is 24.9 Å². The summed E-state index contributed by atoms with van der Waals surface area (Å²) >= 11 is 0. The number of ether oxygens (including phenoxy) is 1. The van der Waals surface area contributed by atoms with Crippen molar-refractivity contribution in [3.8, 4) is 0 Å². The van der Waals surface area contributed by atoms with E-state index < -0.39 is 27.6 Å². The highest BCUT2D eigenvalue weighted by Crippen LogP contribution is 2.32. The number of amides is 2. The van der Waals surface area contributed by atoms with Gasteiger partial charge in [0.05, 0.1) is 11.8 Å². The summed E-state index contributed by atoms with van der Waals surface area (Å²) in [5.41, 5.74) is 5.23. The molecule has 1 saturated carbocycles. The second-order valence-electron chi connectivity index (χ2n) is 8.50. The number of carbonyl (C=O) groups is 2. The predicted molar refractivity (Wildman–Crippen MR) is 98.3 cm³/mol. The number of rotatable bonds is 4. The smallest absolute Gasteiger partial charge is 0.407 e. The zero-order chi connectivity index (χ0) is 19.7. The summed E-state index contributed by atoms with van der Waals surface area (Å²) in [6.07, 6.45) is 3.10. The molecule has 0 unspecified atom stereocenters. The highest BCUT2D eigenvalue weighted by atomic mass is 32.2. The molecule has 2 aliphatic rings. The first-order valence-electron chi connectivity index (χ1n) is 9.09. The van der Waals surface area contributed by atoms with E-state index in [1.54, 1.807) is 25.7 Å². The van der Waals surface area contributed by atoms with E-state index in [9.17, 15) is 18.0 Å². The van der Waals surface area contributed by atoms with Gasteiger partial charge in [0.15, 0.2) is 0 Å². The Morgan fingerprint density at radius 1 is 1.31 bits per heavy atom. The molecule has 0 aromatic rings. The molecule has 0 bridgehead atoms. The molecule has 150 valence electrons. The van der Waals surface area contributed by atoms with Crippen molar-refractivity contribution in [3.63, 3.8) is 0 Å². The van der Waals surface area contributed by atoms with E-state index in [2.05, 4.69) is 5.32 Å². The number of likely N-dealkylation sites (tertiary alicyclic amines) is 1. The lowest BCUT2D eigenvalue weighted by Crippen LogP contribution is -2.52. The Bertz CT molecular complexity index is 643. The molecule has 26 heavy (non-hydrogen) atoms. The van der Waals surface area contributed by atoms with Crippen molar-refractivity contribution in [1.29, 1.82) is 0 Å². The first-order chi connectivity index (χ1) is 11.9. The molecule has 0 spiro atoms. The van der Waals surface area contributed by atoms with Crippen LogP contribution in [0.1, 0.15) is 46.5 Å². The topological polar surface area (TPSA) is 119 Å². The van der Waals surface area contributed by atoms with E-state index in [-0.39, 0.29) is 29.7 Å². The van der Waals surface area contributed by atoms with Gasteiger partial charge < -0.3 is 20.7 Å². The first kappa shape index (κ1) is 21.0. The maximum absolute atomic E-state index is 12.3. The van der Waals surface area contributed by atoms with Crippen LogP contribution in [0.2, 0.25) is 0 Å². The molecule has 9 heteroatoms. The standard InChI is InChI=1S/C17H31N3O5S/c1-17(2,3)25-16(22)19-12-5-6-14(11(9-12)10-26(4,23)24)20-8-7-13(18)15(20)21/h11-14H,5-10,18H2,1-4H3,(H,19,22)/t11-,12+,13-,14-/m0/s1. The van der Waals surface area contributed by atoms with Gasteiger partial charge in [-0.2, -0.15) is 0 Å². The molecule has 0 aromatic heterocycles. The number of nitrogens with two attached hydrogens (primary N) is 1. The number of alkyl carbamates (subject to hydrolysis) is 1. The highest BCUT2D eigenvalue weighted by Gasteiger charge is 2.42. The number of nitrogens with zero attached hydrogens (tertiary/aromatic N) is 1. The van der Waals surface area contributed by atoms with E-state index in [1.807, 2.05) is 0 Å². The Morgan fingerprint density at radius 3 is 2.46 bits per heavy atom. The van der Waals surface area contributed by atoms with Crippen molar-refractivity contribution in [2.75, 3.05) is 18.6 Å². The summed E-state index contributed by atoms with van der Waals surface area (Å²) in [4.78, 5) is 26.1. The van der Waals surface area contributed by atoms with Crippen LogP contribution in [0.4, 0.5) is 4.79 Å². The average molecular weight is 390 g/mol. The van der Waals surface area contributed by atoms with Crippen LogP contribution < -0.4 is 11.1 Å². The number of nitrogens with one attached hydrogen (secondary N) is 1. The highest BCUT2D eigenvalue weighted by molar-refractivity contribution is 7.90. The fourth-order valence-electron chi connectivity index (χ4n) is 3.89. The third-order valence-corrected chi connectivity index (χ3v) is 5.90. The van der Waals surface area contributed by atoms with Crippen molar-refractivity contribution < 1.29 is 22.7 Å². The Hall–Kier alpha value is -1.35. The van der Waals surface area contributed by atoms with E-state index in [4.69, 9.17) is 10.5 Å². The molecular formula is C17H31N3O5S. The Balaban J connectivity index is 2.07. The van der Waals surface area contributed by atoms with Gasteiger partial charge in [0.1, 0.15) is 15.4 Å². The van der Waals surface area contributed by atoms with Crippen LogP contribution in [0.5, 0.6) is 0 Å². The Morgan fingerprint density at radius 2 is 1.96 bits per heavy atom. The molecule has 0 aromatic carbocycles. The number of sulfone groups is 1. The van der Waals surface area contributed by atoms with Crippen molar-refractivity contribution in [2.45, 2.75) is 70.2 Å². The zero-order valence-corrected chi connectivity index (χ0v) is 16.8. The van der Waals surface area contributed by atoms with Crippen LogP contribution in [0.15, 0.2) is 0 Å². The van der Waals surface area contributed by atoms with Crippen LogP contribution in [0.25, 0.3) is 0 Å². The van der Waals surface area contributed by atoms with Gasteiger partial charge in [-0.15, -0.1) is 0 Å². The number of hydrogen-bond acceptors (Lipinski definition) is 6. The minimum absolute atomic E-state index is 0.0107. The number of carbonyl (C=O) groups excluding carboxylic acids is 2. The molecule has 1 saturated heterocycles. The Labute approximate surface area is 155 Å². The van der Waals surface area contributed by atoms with Gasteiger partial charge in [-0.1, -0.05) is 0 Å². The lowest BCUT2D eigenvalue weighted by Gasteiger charge is -2.41. The third kappa shape index (κ3) is 5.84. The largest absolute Gasteiger partial charge is 0.444 e. The first-order valence-corrected chi connectivity index (χ1v) is 11.1. The van der Waals surface area contributed by atoms with Crippen LogP contribution in [0, 0.1) is 5.92 Å². The molecular weight excluding hydrogens is 358 g/mol. The fourth-order valence-corrected chi connectivity index (χ4v) is 5.02. The monoisotopic (exact) mass is 389 g/mol. The van der Waals surface area contributed by atoms with Crippen molar-refractivity contribution in [3.05, 3.63) is 0 Å². The second kappa shape index (κ2) is 7.72. The summed E-state index contributed by atoms with van der Waals surface area (Å²) in [5.74, 6) is -0.344. The molecule has 2 amide bonds. The molecule has 1 aliphatic heterocycles. The van der Waals surface area contributed by atoms with Gasteiger partial charge >= 0.3 is 6.09 Å². The maximum atomic E-state index is 12.3. The maximum Gasteiger partial charge on any atom is 0.407 e. The molecule has 3 N–H and O–H groups in total. The lowest BCUT2D eigenvalue weighted by atomic mass is 9.81. The van der Waals surface area contributed by atoms with Crippen LogP contribution in [-0.4, -0.2) is 67.6 Å². The summed E-state index contributed by atoms with van der Waals surface area (Å²) < 4.78 is 29.0. The van der Waals surface area contributed by atoms with Gasteiger partial charge in [-0.3, -0.25) is 4.79 Å². The molecule has 0 radical (unpaired) electrons. The normalized spacial score (nSPS) is 30.3. The minimum atomic E-state index is -3.21. The third-order valence-electron chi connectivity index (χ3n) is 4.86. The van der Waals surface area contributed by atoms with E-state index in [0.717, 1.165) is 0 Å². The summed E-state index contributed by atoms with van der Waals surface area (Å²) in [5, 5.41) is 2.84. The van der Waals surface area contributed by atoms with Crippen LogP contribution >= 0.6 is 0 Å². The molecule has 2 fully saturated rings. The van der Waals surface area contributed by atoms with Crippen molar-refractivity contribution >= 4 is 21.8 Å². The quantitative estimate of drug-likeness (QED) is 0.729. The Kier molecular flexibility index (Phi) is 6.22. The molecule has 4 atom stereocenters. The molecule has 1 heterocycles. The van der Waals surface area contributed by atoms with Crippen LogP contribution in [-0.2, 0) is 19.4 Å². The van der Waals surface area contributed by atoms with Gasteiger partial charge in [-0.05, 0) is 52.4 Å². The summed E-state index contributed by atoms with van der Waals surface area (Å²) in [7, 11) is -3.21. The average Bonchev–Trinajstić information content (AvgIpc) is 2.75. The number of hydrogen-bond donors (Lipinski definition) is 2. The summed E-state index contributed by atoms with van der Waals surface area (Å²) in [6, 6.07) is -0.812. The minimum Gasteiger partial charge on any atom is -0.444 e. The lowest BCUT2D eigenvalue weighted by molar-refractivity contribution is -0.132. The van der Waals surface area contributed by atoms with Gasteiger partial charge in [0.25, 0.3) is 0 Å². The molecule has 8 nitrogen and oxygen atoms in total. The molecule has 1 aliphatic carbocycles. The van der Waals surface area contributed by atoms with E-state index >= 15 is 0 Å². The van der Waals surface area contributed by atoms with Crippen LogP contribution in [0.3, 0.4) is 0 Å². The SMILES string of the molecule is CC(C)(C)OC(=O)N[C@@H]1CC[C@H](N2CC[C@H](N)C2=O)[C@H](CS(C)(=O)=O)C1. The zero-order valence-electron chi connectivity index (χ0n) is 16.0. The fraction of sp³-hybridized carbons (Fsp3) is 0.882. The molecule has 2 rings (SSSR count). The van der Waals surface area contributed by atoms with Gasteiger partial charge in [-0.25, -0.2) is 13.2 Å². The van der Waals surface area contributed by atoms with Crippen molar-refractivity contribution in [2.24, 2.45) is 11.7 Å². The summed E-state index contributed by atoms with van der Waals surface area (Å²) in [6.45, 7) is 5.93. The predicted octanol–water partition coefficient (Wildman–Crippen LogP) is 0.653. The van der Waals surface area contributed by atoms with Gasteiger partial charge in [0.2, 0.25) is 5.91 Å². The second-order valence-corrected chi connectivity index (χ2v) is 10.7. The van der Waals surface area contributed by atoms with E-state index in [0.29, 0.717) is 32.2 Å².